The second-order valence-corrected chi connectivity index (χ2v) is 12.5. The van der Waals surface area contributed by atoms with Crippen LogP contribution in [0.15, 0.2) is 170 Å². The van der Waals surface area contributed by atoms with Gasteiger partial charge in [0.05, 0.1) is 0 Å². The topological polar surface area (TPSA) is 0 Å². The molecule has 46 heavy (non-hydrogen) atoms. The summed E-state index contributed by atoms with van der Waals surface area (Å²) >= 11 is 0. The number of fused-ring (bicyclic) bond motifs is 11. The lowest BCUT2D eigenvalue weighted by Gasteiger charge is -2.12. The molecule has 0 nitrogen and oxygen atoms in total. The molecule has 0 saturated heterocycles. The Bertz CT molecular complexity index is 2850. The quantitative estimate of drug-likeness (QED) is 0.178. The van der Waals surface area contributed by atoms with Crippen LogP contribution in [0.2, 0.25) is 0 Å². The van der Waals surface area contributed by atoms with E-state index in [1.165, 1.54) is 97.7 Å². The minimum absolute atomic E-state index is 1.24. The molecule has 0 heterocycles. The van der Waals surface area contributed by atoms with Crippen LogP contribution in [-0.2, 0) is 0 Å². The van der Waals surface area contributed by atoms with Crippen molar-refractivity contribution in [3.05, 3.63) is 170 Å². The highest BCUT2D eigenvalue weighted by molar-refractivity contribution is 6.18. The van der Waals surface area contributed by atoms with Gasteiger partial charge in [-0.25, -0.2) is 0 Å². The average molecular weight is 581 g/mol. The van der Waals surface area contributed by atoms with E-state index < -0.39 is 0 Å². The molecule has 212 valence electrons. The largest absolute Gasteiger partial charge is 0.0616 e. The Hall–Kier alpha value is -5.98. The van der Waals surface area contributed by atoms with E-state index in [0.29, 0.717) is 0 Å². The van der Waals surface area contributed by atoms with Gasteiger partial charge in [-0.05, 0) is 122 Å². The summed E-state index contributed by atoms with van der Waals surface area (Å²) in [5, 5.41) is 18.0. The molecule has 0 unspecified atom stereocenters. The maximum Gasteiger partial charge on any atom is -0.00987 e. The SMILES string of the molecule is c1ccc2c(c1)ccc1cc(-c3ccc4ccc5ccc(-c6ccc7ccc8c9ccccc9ccc8c7c6)cc5c4c3)ccc12. The van der Waals surface area contributed by atoms with Crippen molar-refractivity contribution < 1.29 is 0 Å². The number of hydrogen-bond acceptors (Lipinski definition) is 0. The van der Waals surface area contributed by atoms with Crippen molar-refractivity contribution in [3.8, 4) is 22.3 Å². The zero-order valence-electron chi connectivity index (χ0n) is 25.2. The van der Waals surface area contributed by atoms with Crippen LogP contribution in [0.4, 0.5) is 0 Å². The molecule has 10 aromatic rings. The average Bonchev–Trinajstić information content (AvgIpc) is 3.13. The van der Waals surface area contributed by atoms with Gasteiger partial charge in [0.25, 0.3) is 0 Å². The normalized spacial score (nSPS) is 11.9. The summed E-state index contributed by atoms with van der Waals surface area (Å²) in [7, 11) is 0. The summed E-state index contributed by atoms with van der Waals surface area (Å²) in [6, 6.07) is 63.0. The number of rotatable bonds is 2. The van der Waals surface area contributed by atoms with Gasteiger partial charge in [0.2, 0.25) is 0 Å². The maximum absolute atomic E-state index is 2.38. The van der Waals surface area contributed by atoms with Crippen molar-refractivity contribution in [3.63, 3.8) is 0 Å². The molecule has 0 saturated carbocycles. The van der Waals surface area contributed by atoms with E-state index in [4.69, 9.17) is 0 Å². The molecule has 0 aliphatic rings. The summed E-state index contributed by atoms with van der Waals surface area (Å²) in [5.41, 5.74) is 4.96. The highest BCUT2D eigenvalue weighted by Crippen LogP contribution is 2.37. The van der Waals surface area contributed by atoms with Crippen LogP contribution in [0.3, 0.4) is 0 Å². The molecule has 0 fully saturated rings. The van der Waals surface area contributed by atoms with Crippen molar-refractivity contribution in [2.45, 2.75) is 0 Å². The summed E-state index contributed by atoms with van der Waals surface area (Å²) in [4.78, 5) is 0. The fourth-order valence-electron chi connectivity index (χ4n) is 7.60. The van der Waals surface area contributed by atoms with Gasteiger partial charge < -0.3 is 0 Å². The van der Waals surface area contributed by atoms with Crippen LogP contribution in [0, 0.1) is 0 Å². The van der Waals surface area contributed by atoms with Gasteiger partial charge in [0.1, 0.15) is 0 Å². The molecule has 0 radical (unpaired) electrons. The van der Waals surface area contributed by atoms with Crippen molar-refractivity contribution in [1.29, 1.82) is 0 Å². The maximum atomic E-state index is 2.38. The molecule has 0 heteroatoms. The summed E-state index contributed by atoms with van der Waals surface area (Å²) < 4.78 is 0. The molecule has 0 aliphatic heterocycles. The van der Waals surface area contributed by atoms with Gasteiger partial charge >= 0.3 is 0 Å². The van der Waals surface area contributed by atoms with E-state index in [0.717, 1.165) is 0 Å². The first-order chi connectivity index (χ1) is 22.8. The molecule has 10 aromatic carbocycles. The van der Waals surface area contributed by atoms with E-state index >= 15 is 0 Å². The van der Waals surface area contributed by atoms with Crippen LogP contribution >= 0.6 is 0 Å². The number of benzene rings is 10. The smallest absolute Gasteiger partial charge is 0.00987 e. The van der Waals surface area contributed by atoms with Crippen LogP contribution in [0.25, 0.3) is 97.7 Å². The minimum Gasteiger partial charge on any atom is -0.0616 e. The Morgan fingerprint density at radius 3 is 1.04 bits per heavy atom. The van der Waals surface area contributed by atoms with Gasteiger partial charge in [0, 0.05) is 0 Å². The zero-order valence-corrected chi connectivity index (χ0v) is 25.2. The standard InChI is InChI=1S/C46H28/c1-3-7-39-29(5-1)14-18-38-25-34(21-22-41(38)39)35-15-11-31-9-10-32-12-16-37(28-46(32)45(31)27-35)36-17-13-33-20-23-42-40-8-4-2-6-30(40)19-24-43(42)44(33)26-36/h1-28H. The second-order valence-electron chi connectivity index (χ2n) is 12.5. The molecule has 0 amide bonds. The van der Waals surface area contributed by atoms with E-state index in [2.05, 4.69) is 170 Å². The van der Waals surface area contributed by atoms with Crippen LogP contribution in [0.5, 0.6) is 0 Å². The molecule has 10 rings (SSSR count). The van der Waals surface area contributed by atoms with E-state index in [9.17, 15) is 0 Å². The van der Waals surface area contributed by atoms with Crippen LogP contribution < -0.4 is 0 Å². The lowest BCUT2D eigenvalue weighted by Crippen LogP contribution is -1.85. The molecule has 0 spiro atoms. The van der Waals surface area contributed by atoms with E-state index in [1.807, 2.05) is 0 Å². The fourth-order valence-corrected chi connectivity index (χ4v) is 7.60. The van der Waals surface area contributed by atoms with Crippen molar-refractivity contribution in [1.82, 2.24) is 0 Å². The third-order valence-corrected chi connectivity index (χ3v) is 9.99. The van der Waals surface area contributed by atoms with Crippen molar-refractivity contribution in [2.24, 2.45) is 0 Å². The molecule has 0 aromatic heterocycles. The van der Waals surface area contributed by atoms with Gasteiger partial charge in [-0.1, -0.05) is 146 Å². The molecule has 0 aliphatic carbocycles. The van der Waals surface area contributed by atoms with Gasteiger partial charge in [-0.15, -0.1) is 0 Å². The van der Waals surface area contributed by atoms with Crippen molar-refractivity contribution >= 4 is 75.4 Å². The predicted molar refractivity (Wildman–Crippen MR) is 200 cm³/mol. The van der Waals surface area contributed by atoms with Crippen molar-refractivity contribution in [2.75, 3.05) is 0 Å². The first-order valence-corrected chi connectivity index (χ1v) is 16.0. The Balaban J connectivity index is 1.13. The summed E-state index contributed by atoms with van der Waals surface area (Å²) in [5.74, 6) is 0. The first-order valence-electron chi connectivity index (χ1n) is 16.0. The molecular formula is C46H28. The zero-order chi connectivity index (χ0) is 30.2. The summed E-state index contributed by atoms with van der Waals surface area (Å²) in [6.45, 7) is 0. The molecule has 0 bridgehead atoms. The highest BCUT2D eigenvalue weighted by atomic mass is 14.1. The Kier molecular flexibility index (Phi) is 5.38. The Labute approximate surface area is 266 Å². The third kappa shape index (κ3) is 3.87. The van der Waals surface area contributed by atoms with E-state index in [-0.39, 0.29) is 0 Å². The van der Waals surface area contributed by atoms with Crippen LogP contribution in [0.1, 0.15) is 0 Å². The monoisotopic (exact) mass is 580 g/mol. The third-order valence-electron chi connectivity index (χ3n) is 9.99. The molecule has 0 atom stereocenters. The minimum atomic E-state index is 1.24. The Morgan fingerprint density at radius 1 is 0.174 bits per heavy atom. The van der Waals surface area contributed by atoms with Gasteiger partial charge in [0.15, 0.2) is 0 Å². The summed E-state index contributed by atoms with van der Waals surface area (Å²) in [6.07, 6.45) is 0. The van der Waals surface area contributed by atoms with Crippen LogP contribution in [-0.4, -0.2) is 0 Å². The lowest BCUT2D eigenvalue weighted by atomic mass is 9.92. The Morgan fingerprint density at radius 2 is 0.478 bits per heavy atom. The van der Waals surface area contributed by atoms with Gasteiger partial charge in [-0.3, -0.25) is 0 Å². The fraction of sp³-hybridized carbons (Fsp3) is 0. The van der Waals surface area contributed by atoms with E-state index in [1.54, 1.807) is 0 Å². The first kappa shape index (κ1) is 25.4. The lowest BCUT2D eigenvalue weighted by molar-refractivity contribution is 1.68. The molecular weight excluding hydrogens is 553 g/mol. The second kappa shape index (κ2) is 9.76. The number of hydrogen-bond donors (Lipinski definition) is 0. The highest BCUT2D eigenvalue weighted by Gasteiger charge is 2.10. The van der Waals surface area contributed by atoms with Gasteiger partial charge in [-0.2, -0.15) is 0 Å². The predicted octanol–water partition coefficient (Wildman–Crippen LogP) is 13.1. The molecule has 0 N–H and O–H groups in total.